The molecule has 0 aromatic rings. The van der Waals surface area contributed by atoms with Crippen molar-refractivity contribution in [3.8, 4) is 0 Å². The molecule has 66 valence electrons. The zero-order chi connectivity index (χ0) is 8.43. The van der Waals surface area contributed by atoms with Gasteiger partial charge in [0.1, 0.15) is 0 Å². The summed E-state index contributed by atoms with van der Waals surface area (Å²) in [4.78, 5) is 0. The van der Waals surface area contributed by atoms with E-state index in [4.69, 9.17) is 0 Å². The minimum atomic E-state index is 0.884. The monoisotopic (exact) mass is 154 g/mol. The molecule has 1 aliphatic carbocycles. The molecule has 0 radical (unpaired) electrons. The fourth-order valence-corrected chi connectivity index (χ4v) is 2.29. The van der Waals surface area contributed by atoms with Gasteiger partial charge in [0.25, 0.3) is 0 Å². The molecule has 0 aliphatic heterocycles. The molecular formula is C11H22. The Bertz CT molecular complexity index is 113. The van der Waals surface area contributed by atoms with E-state index in [9.17, 15) is 0 Å². The smallest absolute Gasteiger partial charge is 0.0358 e. The standard InChI is InChI=1S/C11H22/c1-5-10-6-7-11(10)9(4)8(2)3/h8-11H,5-7H2,1-4H3. The van der Waals surface area contributed by atoms with Gasteiger partial charge in [-0.2, -0.15) is 0 Å². The van der Waals surface area contributed by atoms with Crippen molar-refractivity contribution in [3.63, 3.8) is 0 Å². The summed E-state index contributed by atoms with van der Waals surface area (Å²) < 4.78 is 0. The van der Waals surface area contributed by atoms with Gasteiger partial charge in [0.05, 0.1) is 0 Å². The summed E-state index contributed by atoms with van der Waals surface area (Å²) in [6, 6.07) is 0. The molecule has 0 heteroatoms. The summed E-state index contributed by atoms with van der Waals surface area (Å²) in [7, 11) is 0. The van der Waals surface area contributed by atoms with Crippen LogP contribution in [0.25, 0.3) is 0 Å². The predicted octanol–water partition coefficient (Wildman–Crippen LogP) is 3.71. The molecule has 0 aromatic heterocycles. The van der Waals surface area contributed by atoms with Crippen LogP contribution < -0.4 is 0 Å². The molecule has 0 aromatic carbocycles. The van der Waals surface area contributed by atoms with Crippen LogP contribution in [0.1, 0.15) is 47.0 Å². The SMILES string of the molecule is CCC1CCC1C(C)C(C)C. The van der Waals surface area contributed by atoms with Crippen molar-refractivity contribution in [1.82, 2.24) is 0 Å². The first kappa shape index (κ1) is 9.09. The molecule has 0 bridgehead atoms. The lowest BCUT2D eigenvalue weighted by molar-refractivity contribution is 0.0834. The highest BCUT2D eigenvalue weighted by Gasteiger charge is 2.34. The van der Waals surface area contributed by atoms with Crippen molar-refractivity contribution in [2.24, 2.45) is 23.7 Å². The molecule has 1 rings (SSSR count). The van der Waals surface area contributed by atoms with E-state index in [0.29, 0.717) is 0 Å². The highest BCUT2D eigenvalue weighted by atomic mass is 14.4. The van der Waals surface area contributed by atoms with Gasteiger partial charge in [0.15, 0.2) is 0 Å². The molecule has 3 atom stereocenters. The summed E-state index contributed by atoms with van der Waals surface area (Å²) in [5.74, 6) is 3.95. The van der Waals surface area contributed by atoms with Crippen LogP contribution in [-0.2, 0) is 0 Å². The van der Waals surface area contributed by atoms with E-state index in [1.54, 1.807) is 0 Å². The predicted molar refractivity (Wildman–Crippen MR) is 50.5 cm³/mol. The first-order valence-electron chi connectivity index (χ1n) is 5.16. The fraction of sp³-hybridized carbons (Fsp3) is 1.00. The highest BCUT2D eigenvalue weighted by molar-refractivity contribution is 4.84. The molecule has 3 unspecified atom stereocenters. The van der Waals surface area contributed by atoms with Crippen LogP contribution in [0.5, 0.6) is 0 Å². The average Bonchev–Trinajstić information content (AvgIpc) is 1.86. The Hall–Kier alpha value is 0. The van der Waals surface area contributed by atoms with Crippen molar-refractivity contribution in [1.29, 1.82) is 0 Å². The Labute approximate surface area is 71.4 Å². The van der Waals surface area contributed by atoms with Crippen LogP contribution in [-0.4, -0.2) is 0 Å². The maximum atomic E-state index is 2.43. The molecule has 1 saturated carbocycles. The molecule has 11 heavy (non-hydrogen) atoms. The Balaban J connectivity index is 2.35. The first-order valence-corrected chi connectivity index (χ1v) is 5.16. The molecule has 0 spiro atoms. The molecule has 0 amide bonds. The summed E-state index contributed by atoms with van der Waals surface area (Å²) >= 11 is 0. The van der Waals surface area contributed by atoms with E-state index in [1.165, 1.54) is 19.3 Å². The van der Waals surface area contributed by atoms with Gasteiger partial charge < -0.3 is 0 Å². The van der Waals surface area contributed by atoms with Crippen LogP contribution in [0, 0.1) is 23.7 Å². The van der Waals surface area contributed by atoms with Crippen molar-refractivity contribution in [3.05, 3.63) is 0 Å². The number of hydrogen-bond donors (Lipinski definition) is 0. The van der Waals surface area contributed by atoms with Crippen molar-refractivity contribution >= 4 is 0 Å². The summed E-state index contributed by atoms with van der Waals surface area (Å²) in [6.07, 6.45) is 4.40. The Morgan fingerprint density at radius 3 is 2.09 bits per heavy atom. The van der Waals surface area contributed by atoms with Gasteiger partial charge in [-0.1, -0.05) is 34.1 Å². The van der Waals surface area contributed by atoms with Gasteiger partial charge in [-0.3, -0.25) is 0 Å². The summed E-state index contributed by atoms with van der Waals surface area (Å²) in [6.45, 7) is 9.48. The van der Waals surface area contributed by atoms with E-state index >= 15 is 0 Å². The van der Waals surface area contributed by atoms with Crippen LogP contribution in [0.3, 0.4) is 0 Å². The normalized spacial score (nSPS) is 33.5. The van der Waals surface area contributed by atoms with Crippen molar-refractivity contribution < 1.29 is 0 Å². The van der Waals surface area contributed by atoms with Crippen LogP contribution in [0.15, 0.2) is 0 Å². The van der Waals surface area contributed by atoms with Gasteiger partial charge in [-0.25, -0.2) is 0 Å². The topological polar surface area (TPSA) is 0 Å². The van der Waals surface area contributed by atoms with E-state index < -0.39 is 0 Å². The Morgan fingerprint density at radius 1 is 1.18 bits per heavy atom. The summed E-state index contributed by atoms with van der Waals surface area (Å²) in [5.41, 5.74) is 0. The maximum absolute atomic E-state index is 2.43. The second-order valence-corrected chi connectivity index (χ2v) is 4.51. The minimum Gasteiger partial charge on any atom is -0.0651 e. The quantitative estimate of drug-likeness (QED) is 0.581. The Kier molecular flexibility index (Phi) is 2.98. The third kappa shape index (κ3) is 1.77. The van der Waals surface area contributed by atoms with E-state index in [-0.39, 0.29) is 0 Å². The minimum absolute atomic E-state index is 0.884. The zero-order valence-electron chi connectivity index (χ0n) is 8.43. The van der Waals surface area contributed by atoms with Gasteiger partial charge in [-0.15, -0.1) is 0 Å². The summed E-state index contributed by atoms with van der Waals surface area (Å²) in [5, 5.41) is 0. The average molecular weight is 154 g/mol. The molecular weight excluding hydrogens is 132 g/mol. The molecule has 1 aliphatic rings. The molecule has 0 N–H and O–H groups in total. The van der Waals surface area contributed by atoms with Gasteiger partial charge in [0, 0.05) is 0 Å². The van der Waals surface area contributed by atoms with Crippen molar-refractivity contribution in [2.45, 2.75) is 47.0 Å². The molecule has 1 fully saturated rings. The van der Waals surface area contributed by atoms with E-state index in [0.717, 1.165) is 23.7 Å². The number of hydrogen-bond acceptors (Lipinski definition) is 0. The van der Waals surface area contributed by atoms with Gasteiger partial charge >= 0.3 is 0 Å². The Morgan fingerprint density at radius 2 is 1.82 bits per heavy atom. The lowest BCUT2D eigenvalue weighted by atomic mass is 9.64. The fourth-order valence-electron chi connectivity index (χ4n) is 2.29. The third-order valence-electron chi connectivity index (χ3n) is 3.73. The second-order valence-electron chi connectivity index (χ2n) is 4.51. The lowest BCUT2D eigenvalue weighted by Gasteiger charge is -2.42. The van der Waals surface area contributed by atoms with Gasteiger partial charge in [0.2, 0.25) is 0 Å². The molecule has 0 nitrogen and oxygen atoms in total. The van der Waals surface area contributed by atoms with Gasteiger partial charge in [-0.05, 0) is 36.5 Å². The number of rotatable bonds is 3. The third-order valence-corrected chi connectivity index (χ3v) is 3.73. The maximum Gasteiger partial charge on any atom is -0.0358 e. The first-order chi connectivity index (χ1) is 5.16. The van der Waals surface area contributed by atoms with Crippen LogP contribution in [0.2, 0.25) is 0 Å². The van der Waals surface area contributed by atoms with E-state index in [1.807, 2.05) is 0 Å². The van der Waals surface area contributed by atoms with Crippen molar-refractivity contribution in [2.75, 3.05) is 0 Å². The van der Waals surface area contributed by atoms with Crippen LogP contribution >= 0.6 is 0 Å². The highest BCUT2D eigenvalue weighted by Crippen LogP contribution is 2.43. The van der Waals surface area contributed by atoms with Crippen LogP contribution in [0.4, 0.5) is 0 Å². The molecule has 0 saturated heterocycles. The molecule has 0 heterocycles. The lowest BCUT2D eigenvalue weighted by Crippen LogP contribution is -2.33. The zero-order valence-corrected chi connectivity index (χ0v) is 8.43. The largest absolute Gasteiger partial charge is 0.0651 e. The second kappa shape index (κ2) is 3.60. The van der Waals surface area contributed by atoms with E-state index in [2.05, 4.69) is 27.7 Å².